The molecule has 0 radical (unpaired) electrons. The monoisotopic (exact) mass is 654 g/mol. The van der Waals surface area contributed by atoms with Gasteiger partial charge in [-0.15, -0.1) is 11.8 Å². The number of unbranched alkanes of at least 4 members (excludes halogenated alkanes) is 3. The lowest BCUT2D eigenvalue weighted by atomic mass is 10.0. The van der Waals surface area contributed by atoms with Crippen LogP contribution in [0.1, 0.15) is 74.0 Å². The van der Waals surface area contributed by atoms with E-state index in [2.05, 4.69) is 15.6 Å². The van der Waals surface area contributed by atoms with Crippen molar-refractivity contribution < 1.29 is 24.2 Å². The van der Waals surface area contributed by atoms with Crippen molar-refractivity contribution in [1.82, 2.24) is 4.98 Å². The van der Waals surface area contributed by atoms with Gasteiger partial charge in [0.05, 0.1) is 35.2 Å². The highest BCUT2D eigenvalue weighted by atomic mass is 32.2. The van der Waals surface area contributed by atoms with Crippen molar-refractivity contribution in [2.45, 2.75) is 75.1 Å². The average molecular weight is 655 g/mol. The smallest absolute Gasteiger partial charge is 0.224 e. The van der Waals surface area contributed by atoms with Crippen molar-refractivity contribution >= 4 is 40.6 Å². The van der Waals surface area contributed by atoms with Crippen molar-refractivity contribution in [1.29, 1.82) is 0 Å². The number of ether oxygens (including phenoxy) is 2. The summed E-state index contributed by atoms with van der Waals surface area (Å²) >= 11 is 1.65. The number of amides is 2. The molecule has 1 aliphatic rings. The number of benzene rings is 3. The van der Waals surface area contributed by atoms with E-state index in [1.165, 1.54) is 0 Å². The lowest BCUT2D eigenvalue weighted by molar-refractivity contribution is -0.245. The Labute approximate surface area is 280 Å². The molecule has 0 saturated carbocycles. The number of aliphatic hydroxyl groups excluding tert-OH is 1. The van der Waals surface area contributed by atoms with Crippen molar-refractivity contribution in [3.8, 4) is 0 Å². The highest BCUT2D eigenvalue weighted by molar-refractivity contribution is 7.99. The third-order valence-corrected chi connectivity index (χ3v) is 8.98. The number of hydrogen-bond donors (Lipinski definition) is 4. The summed E-state index contributed by atoms with van der Waals surface area (Å²) in [4.78, 5) is 29.4. The van der Waals surface area contributed by atoms with Crippen LogP contribution in [0.15, 0.2) is 102 Å². The van der Waals surface area contributed by atoms with Crippen LogP contribution in [0.25, 0.3) is 0 Å². The van der Waals surface area contributed by atoms with Gasteiger partial charge in [-0.3, -0.25) is 9.59 Å². The molecule has 0 unspecified atom stereocenters. The van der Waals surface area contributed by atoms with E-state index in [1.807, 2.05) is 78.9 Å². The maximum Gasteiger partial charge on any atom is 0.224 e. The molecule has 0 spiro atoms. The second kappa shape index (κ2) is 17.6. The van der Waals surface area contributed by atoms with Crippen LogP contribution in [0.3, 0.4) is 0 Å². The minimum Gasteiger partial charge on any atom is -0.397 e. The lowest BCUT2D eigenvalue weighted by Gasteiger charge is -2.36. The number of carbonyl (C=O) groups is 2. The summed E-state index contributed by atoms with van der Waals surface area (Å²) in [6.45, 7) is -0.0104. The molecule has 5 N–H and O–H groups in total. The van der Waals surface area contributed by atoms with Gasteiger partial charge in [-0.25, -0.2) is 4.98 Å². The number of pyridine rings is 1. The third-order valence-electron chi connectivity index (χ3n) is 7.90. The normalized spacial score (nSPS) is 17.6. The number of carbonyl (C=O) groups excluding carboxylic acids is 2. The maximum atomic E-state index is 12.8. The zero-order valence-electron chi connectivity index (χ0n) is 26.3. The molecular weight excluding hydrogens is 612 g/mol. The van der Waals surface area contributed by atoms with Crippen LogP contribution in [0, 0.1) is 0 Å². The number of rotatable bonds is 15. The zero-order chi connectivity index (χ0) is 32.8. The molecule has 0 aliphatic carbocycles. The molecule has 10 heteroatoms. The highest BCUT2D eigenvalue weighted by Crippen LogP contribution is 2.39. The maximum absolute atomic E-state index is 12.8. The van der Waals surface area contributed by atoms with Crippen LogP contribution in [0.2, 0.25) is 0 Å². The van der Waals surface area contributed by atoms with Crippen LogP contribution < -0.4 is 16.4 Å². The van der Waals surface area contributed by atoms with Gasteiger partial charge in [0.2, 0.25) is 11.8 Å². The number of nitrogens with two attached hydrogens (primary N) is 1. The molecule has 1 aromatic heterocycles. The molecule has 47 heavy (non-hydrogen) atoms. The Morgan fingerprint density at radius 1 is 0.830 bits per heavy atom. The first kappa shape index (κ1) is 34.1. The molecule has 1 aliphatic heterocycles. The number of hydrogen-bond acceptors (Lipinski definition) is 8. The van der Waals surface area contributed by atoms with E-state index in [-0.39, 0.29) is 30.6 Å². The molecule has 4 aromatic rings. The molecule has 2 heterocycles. The Bertz CT molecular complexity index is 1590. The number of nitrogens with zero attached hydrogens (tertiary/aromatic N) is 1. The second-order valence-electron chi connectivity index (χ2n) is 11.6. The summed E-state index contributed by atoms with van der Waals surface area (Å²) in [6, 6.07) is 28.5. The van der Waals surface area contributed by atoms with E-state index in [4.69, 9.17) is 15.2 Å². The predicted molar refractivity (Wildman–Crippen MR) is 186 cm³/mol. The number of aromatic nitrogens is 1. The number of nitrogens with one attached hydrogen (secondary N) is 2. The Morgan fingerprint density at radius 2 is 1.57 bits per heavy atom. The van der Waals surface area contributed by atoms with E-state index in [0.717, 1.165) is 47.4 Å². The fourth-order valence-electron chi connectivity index (χ4n) is 5.37. The molecule has 5 rings (SSSR count). The van der Waals surface area contributed by atoms with Crippen LogP contribution in [0.5, 0.6) is 0 Å². The largest absolute Gasteiger partial charge is 0.397 e. The topological polar surface area (TPSA) is 136 Å². The molecule has 1 fully saturated rings. The number of nitrogen functional groups attached to an aromatic ring is 1. The van der Waals surface area contributed by atoms with Gasteiger partial charge in [0.25, 0.3) is 0 Å². The molecular formula is C37H42N4O5S. The molecule has 3 aromatic carbocycles. The molecule has 3 atom stereocenters. The van der Waals surface area contributed by atoms with Crippen molar-refractivity contribution in [2.24, 2.45) is 0 Å². The standard InChI is InChI=1S/C37H42N4O5S/c38-31-12-5-6-13-32(31)41-35(44)15-4-2-1-3-14-34(43)40-29-11-9-10-28(22-29)37-45-30(25-47-36-16-7-8-21-39-36)23-33(46-37)27-19-17-26(24-42)18-20-27/h5-13,16-22,30,33,37,42H,1-4,14-15,23-25,38H2,(H,40,43)(H,41,44)/t30-,33+,37+/m0/s1. The minimum atomic E-state index is -0.618. The van der Waals surface area contributed by atoms with Gasteiger partial charge in [-0.05, 0) is 60.4 Å². The summed E-state index contributed by atoms with van der Waals surface area (Å²) in [6.07, 6.45) is 5.56. The number of aliphatic hydroxyl groups is 1. The van der Waals surface area contributed by atoms with E-state index >= 15 is 0 Å². The van der Waals surface area contributed by atoms with E-state index in [1.54, 1.807) is 30.1 Å². The minimum absolute atomic E-state index is 0.0104. The lowest BCUT2D eigenvalue weighted by Crippen LogP contribution is -2.31. The summed E-state index contributed by atoms with van der Waals surface area (Å²) in [5, 5.41) is 16.3. The molecule has 1 saturated heterocycles. The van der Waals surface area contributed by atoms with Crippen molar-refractivity contribution in [2.75, 3.05) is 22.1 Å². The summed E-state index contributed by atoms with van der Waals surface area (Å²) in [7, 11) is 0. The van der Waals surface area contributed by atoms with Crippen LogP contribution in [-0.4, -0.2) is 33.8 Å². The molecule has 2 amide bonds. The van der Waals surface area contributed by atoms with Gasteiger partial charge >= 0.3 is 0 Å². The zero-order valence-corrected chi connectivity index (χ0v) is 27.2. The van der Waals surface area contributed by atoms with E-state index in [0.29, 0.717) is 42.1 Å². The van der Waals surface area contributed by atoms with Gasteiger partial charge in [0.15, 0.2) is 6.29 Å². The summed E-state index contributed by atoms with van der Waals surface area (Å²) < 4.78 is 12.9. The highest BCUT2D eigenvalue weighted by Gasteiger charge is 2.32. The third kappa shape index (κ3) is 10.7. The summed E-state index contributed by atoms with van der Waals surface area (Å²) in [5.41, 5.74) is 10.4. The van der Waals surface area contributed by atoms with Crippen molar-refractivity contribution in [3.63, 3.8) is 0 Å². The van der Waals surface area contributed by atoms with E-state index < -0.39 is 6.29 Å². The van der Waals surface area contributed by atoms with Gasteiger partial charge in [0, 0.05) is 42.5 Å². The first-order chi connectivity index (χ1) is 23.0. The SMILES string of the molecule is Nc1ccccc1NC(=O)CCCCCCC(=O)Nc1cccc([C@@H]2O[C@H](CSc3ccccn3)C[C@H](c3ccc(CO)cc3)O2)c1. The molecule has 246 valence electrons. The number of para-hydroxylation sites is 2. The van der Waals surface area contributed by atoms with E-state index in [9.17, 15) is 14.7 Å². The van der Waals surface area contributed by atoms with Gasteiger partial charge in [-0.1, -0.05) is 67.4 Å². The predicted octanol–water partition coefficient (Wildman–Crippen LogP) is 7.41. The Hall–Kier alpha value is -4.22. The molecule has 9 nitrogen and oxygen atoms in total. The van der Waals surface area contributed by atoms with Gasteiger partial charge < -0.3 is 30.9 Å². The number of anilines is 3. The van der Waals surface area contributed by atoms with Gasteiger partial charge in [-0.2, -0.15) is 0 Å². The fourth-order valence-corrected chi connectivity index (χ4v) is 6.25. The van der Waals surface area contributed by atoms with Gasteiger partial charge in [0.1, 0.15) is 0 Å². The number of thioether (sulfide) groups is 1. The Balaban J connectivity index is 1.11. The molecule has 0 bridgehead atoms. The second-order valence-corrected chi connectivity index (χ2v) is 12.6. The van der Waals surface area contributed by atoms with Crippen LogP contribution in [0.4, 0.5) is 17.1 Å². The summed E-state index contributed by atoms with van der Waals surface area (Å²) in [5.74, 6) is 0.595. The van der Waals surface area contributed by atoms with Crippen LogP contribution >= 0.6 is 11.8 Å². The first-order valence-corrected chi connectivity index (χ1v) is 17.0. The quantitative estimate of drug-likeness (QED) is 0.0591. The van der Waals surface area contributed by atoms with Crippen molar-refractivity contribution in [3.05, 3.63) is 114 Å². The first-order valence-electron chi connectivity index (χ1n) is 16.1. The Morgan fingerprint density at radius 3 is 2.30 bits per heavy atom. The van der Waals surface area contributed by atoms with Crippen LogP contribution in [-0.2, 0) is 25.7 Å². The average Bonchev–Trinajstić information content (AvgIpc) is 3.10. The fraction of sp³-hybridized carbons (Fsp3) is 0.324. The Kier molecular flexibility index (Phi) is 12.8.